The van der Waals surface area contributed by atoms with Gasteiger partial charge in [0.2, 0.25) is 0 Å². The van der Waals surface area contributed by atoms with Crippen molar-refractivity contribution in [1.82, 2.24) is 10.6 Å². The average Bonchev–Trinajstić information content (AvgIpc) is 3.24. The average molecular weight is 407 g/mol. The lowest BCUT2D eigenvalue weighted by atomic mass is 10.1. The molecule has 29 heavy (non-hydrogen) atoms. The predicted molar refractivity (Wildman–Crippen MR) is 106 cm³/mol. The van der Waals surface area contributed by atoms with Gasteiger partial charge >= 0.3 is 6.61 Å². The van der Waals surface area contributed by atoms with Gasteiger partial charge in [0.25, 0.3) is 0 Å². The van der Waals surface area contributed by atoms with Gasteiger partial charge in [-0.2, -0.15) is 8.78 Å². The van der Waals surface area contributed by atoms with E-state index in [0.29, 0.717) is 31.0 Å². The van der Waals surface area contributed by atoms with Crippen molar-refractivity contribution in [1.29, 1.82) is 0 Å². The largest absolute Gasteiger partial charge is 0.469 e. The summed E-state index contributed by atoms with van der Waals surface area (Å²) < 4.78 is 40.9. The molecule has 3 rings (SSSR count). The van der Waals surface area contributed by atoms with E-state index in [-0.39, 0.29) is 18.4 Å². The number of hydrogen-bond donors (Lipinski definition) is 2. The number of aliphatic imine (C=N–C) groups is 1. The Kier molecular flexibility index (Phi) is 8.30. The summed E-state index contributed by atoms with van der Waals surface area (Å²) in [5.74, 6) is 1.61. The third-order valence-corrected chi connectivity index (χ3v) is 4.61. The zero-order chi connectivity index (χ0) is 20.3. The molecule has 1 saturated heterocycles. The first-order valence-corrected chi connectivity index (χ1v) is 9.89. The Bertz CT molecular complexity index is 747. The van der Waals surface area contributed by atoms with E-state index >= 15 is 0 Å². The summed E-state index contributed by atoms with van der Waals surface area (Å²) in [6.07, 6.45) is 5.76. The SMILES string of the molecule is FC(F)Oc1ccccc1CN=C(NCCc1ccco1)NCC1CCCCO1. The Hall–Kier alpha value is -2.61. The third-order valence-electron chi connectivity index (χ3n) is 4.61. The van der Waals surface area contributed by atoms with Crippen LogP contribution in [0.1, 0.15) is 30.6 Å². The number of nitrogens with one attached hydrogen (secondary N) is 2. The van der Waals surface area contributed by atoms with Crippen molar-refractivity contribution in [3.8, 4) is 5.75 Å². The smallest absolute Gasteiger partial charge is 0.387 e. The fourth-order valence-corrected chi connectivity index (χ4v) is 3.12. The monoisotopic (exact) mass is 407 g/mol. The molecule has 1 unspecified atom stereocenters. The lowest BCUT2D eigenvalue weighted by Crippen LogP contribution is -2.43. The quantitative estimate of drug-likeness (QED) is 0.490. The van der Waals surface area contributed by atoms with Gasteiger partial charge in [0.05, 0.1) is 18.9 Å². The van der Waals surface area contributed by atoms with Crippen LogP contribution in [0.25, 0.3) is 0 Å². The highest BCUT2D eigenvalue weighted by Crippen LogP contribution is 2.21. The molecule has 1 aromatic carbocycles. The zero-order valence-electron chi connectivity index (χ0n) is 16.3. The summed E-state index contributed by atoms with van der Waals surface area (Å²) >= 11 is 0. The number of ether oxygens (including phenoxy) is 2. The highest BCUT2D eigenvalue weighted by atomic mass is 19.3. The summed E-state index contributed by atoms with van der Waals surface area (Å²) in [4.78, 5) is 4.55. The van der Waals surface area contributed by atoms with Crippen LogP contribution in [0.2, 0.25) is 0 Å². The summed E-state index contributed by atoms with van der Waals surface area (Å²) in [6, 6.07) is 10.4. The Balaban J connectivity index is 1.60. The zero-order valence-corrected chi connectivity index (χ0v) is 16.3. The Morgan fingerprint density at radius 2 is 2.07 bits per heavy atom. The molecule has 0 aliphatic carbocycles. The van der Waals surface area contributed by atoms with Crippen molar-refractivity contribution >= 4 is 5.96 Å². The molecule has 0 saturated carbocycles. The number of alkyl halides is 2. The molecule has 0 radical (unpaired) electrons. The van der Waals surface area contributed by atoms with E-state index in [2.05, 4.69) is 20.4 Å². The maximum Gasteiger partial charge on any atom is 0.387 e. The number of rotatable bonds is 9. The number of guanidine groups is 1. The minimum Gasteiger partial charge on any atom is -0.469 e. The molecule has 2 aromatic rings. The number of para-hydroxylation sites is 1. The molecule has 1 atom stereocenters. The van der Waals surface area contributed by atoms with Crippen LogP contribution >= 0.6 is 0 Å². The van der Waals surface area contributed by atoms with Gasteiger partial charge in [-0.3, -0.25) is 0 Å². The third kappa shape index (κ3) is 7.38. The van der Waals surface area contributed by atoms with Crippen molar-refractivity contribution in [2.45, 2.75) is 44.9 Å². The summed E-state index contributed by atoms with van der Waals surface area (Å²) in [5, 5.41) is 6.56. The highest BCUT2D eigenvalue weighted by Gasteiger charge is 2.14. The Morgan fingerprint density at radius 1 is 1.17 bits per heavy atom. The van der Waals surface area contributed by atoms with Crippen LogP contribution in [0.3, 0.4) is 0 Å². The molecule has 0 spiro atoms. The van der Waals surface area contributed by atoms with Crippen LogP contribution in [-0.4, -0.2) is 38.4 Å². The Labute approximate surface area is 169 Å². The summed E-state index contributed by atoms with van der Waals surface area (Å²) in [5.41, 5.74) is 0.592. The normalized spacial score (nSPS) is 17.3. The molecule has 0 bridgehead atoms. The molecular formula is C21H27F2N3O3. The summed E-state index contributed by atoms with van der Waals surface area (Å²) in [6.45, 7) is -0.609. The van der Waals surface area contributed by atoms with Crippen LogP contribution in [0, 0.1) is 0 Å². The van der Waals surface area contributed by atoms with Gasteiger partial charge in [0.1, 0.15) is 11.5 Å². The van der Waals surface area contributed by atoms with E-state index in [0.717, 1.165) is 31.6 Å². The standard InChI is InChI=1S/C21H27F2N3O3/c22-20(23)29-19-9-2-1-6-16(19)14-25-21(24-11-10-17-8-5-13-27-17)26-15-18-7-3-4-12-28-18/h1-2,5-6,8-9,13,18,20H,3-4,7,10-12,14-15H2,(H2,24,25,26). The van der Waals surface area contributed by atoms with Crippen molar-refractivity contribution in [2.24, 2.45) is 4.99 Å². The topological polar surface area (TPSA) is 68.0 Å². The van der Waals surface area contributed by atoms with Gasteiger partial charge in [-0.25, -0.2) is 4.99 Å². The molecule has 2 N–H and O–H groups in total. The van der Waals surface area contributed by atoms with Crippen LogP contribution in [0.4, 0.5) is 8.78 Å². The molecule has 2 heterocycles. The number of nitrogens with zero attached hydrogens (tertiary/aromatic N) is 1. The lowest BCUT2D eigenvalue weighted by molar-refractivity contribution is -0.0504. The van der Waals surface area contributed by atoms with Crippen LogP contribution in [0.5, 0.6) is 5.75 Å². The van der Waals surface area contributed by atoms with E-state index in [9.17, 15) is 8.78 Å². The van der Waals surface area contributed by atoms with Crippen LogP contribution in [0.15, 0.2) is 52.1 Å². The van der Waals surface area contributed by atoms with E-state index in [1.54, 1.807) is 24.5 Å². The van der Waals surface area contributed by atoms with E-state index in [4.69, 9.17) is 9.15 Å². The lowest BCUT2D eigenvalue weighted by Gasteiger charge is -2.24. The number of furan rings is 1. The van der Waals surface area contributed by atoms with E-state index < -0.39 is 6.61 Å². The van der Waals surface area contributed by atoms with Gasteiger partial charge in [0, 0.05) is 31.7 Å². The molecule has 0 amide bonds. The minimum absolute atomic E-state index is 0.136. The molecule has 1 aliphatic heterocycles. The van der Waals surface area contributed by atoms with Crippen LogP contribution < -0.4 is 15.4 Å². The van der Waals surface area contributed by atoms with Gasteiger partial charge < -0.3 is 24.5 Å². The summed E-state index contributed by atoms with van der Waals surface area (Å²) in [7, 11) is 0. The van der Waals surface area contributed by atoms with E-state index in [1.807, 2.05) is 12.1 Å². The van der Waals surface area contributed by atoms with Crippen molar-refractivity contribution < 1.29 is 22.7 Å². The molecule has 8 heteroatoms. The van der Waals surface area contributed by atoms with Gasteiger partial charge in [-0.05, 0) is 37.5 Å². The first-order chi connectivity index (χ1) is 14.2. The van der Waals surface area contributed by atoms with Gasteiger partial charge in [-0.1, -0.05) is 18.2 Å². The molecule has 1 fully saturated rings. The van der Waals surface area contributed by atoms with Crippen molar-refractivity contribution in [3.63, 3.8) is 0 Å². The first-order valence-electron chi connectivity index (χ1n) is 9.89. The molecule has 1 aromatic heterocycles. The van der Waals surface area contributed by atoms with Gasteiger partial charge in [-0.15, -0.1) is 0 Å². The second-order valence-electron chi connectivity index (χ2n) is 6.78. The minimum atomic E-state index is -2.87. The van der Waals surface area contributed by atoms with Gasteiger partial charge in [0.15, 0.2) is 5.96 Å². The van der Waals surface area contributed by atoms with Crippen molar-refractivity contribution in [2.75, 3.05) is 19.7 Å². The van der Waals surface area contributed by atoms with Crippen molar-refractivity contribution in [3.05, 3.63) is 54.0 Å². The maximum atomic E-state index is 12.6. The number of hydrogen-bond acceptors (Lipinski definition) is 4. The number of benzene rings is 1. The fourth-order valence-electron chi connectivity index (χ4n) is 3.12. The molecule has 1 aliphatic rings. The second kappa shape index (κ2) is 11.4. The predicted octanol–water partition coefficient (Wildman–Crippen LogP) is 3.73. The Morgan fingerprint density at radius 3 is 2.83 bits per heavy atom. The second-order valence-corrected chi connectivity index (χ2v) is 6.78. The molecular weight excluding hydrogens is 380 g/mol. The first kappa shape index (κ1) is 21.1. The van der Waals surface area contributed by atoms with Crippen LogP contribution in [-0.2, 0) is 17.7 Å². The number of halogens is 2. The fraction of sp³-hybridized carbons (Fsp3) is 0.476. The molecule has 158 valence electrons. The van der Waals surface area contributed by atoms with E-state index in [1.165, 1.54) is 6.07 Å². The maximum absolute atomic E-state index is 12.6. The highest BCUT2D eigenvalue weighted by molar-refractivity contribution is 5.79. The molecule has 6 nitrogen and oxygen atoms in total.